The molecule has 0 aliphatic rings. The molecule has 2 unspecified atom stereocenters. The molecule has 0 aromatic heterocycles. The molecule has 0 radical (unpaired) electrons. The number of benzene rings is 1. The summed E-state index contributed by atoms with van der Waals surface area (Å²) in [5, 5.41) is 13.9. The second kappa shape index (κ2) is 9.27. The van der Waals surface area contributed by atoms with Crippen molar-refractivity contribution in [2.75, 3.05) is 26.0 Å². The monoisotopic (exact) mass is 297 g/mol. The highest BCUT2D eigenvalue weighted by molar-refractivity contribution is 7.99. The minimum atomic E-state index is -0.474. The van der Waals surface area contributed by atoms with E-state index in [9.17, 15) is 5.11 Å². The van der Waals surface area contributed by atoms with Crippen molar-refractivity contribution in [3.8, 4) is 5.75 Å². The summed E-state index contributed by atoms with van der Waals surface area (Å²) in [7, 11) is 0. The van der Waals surface area contributed by atoms with Crippen molar-refractivity contribution in [2.24, 2.45) is 0 Å². The van der Waals surface area contributed by atoms with Crippen LogP contribution in [0.4, 0.5) is 0 Å². The molecule has 4 heteroatoms. The lowest BCUT2D eigenvalue weighted by molar-refractivity contribution is 0.106. The van der Waals surface area contributed by atoms with E-state index in [0.717, 1.165) is 29.8 Å². The van der Waals surface area contributed by atoms with E-state index >= 15 is 0 Å². The second-order valence-electron chi connectivity index (χ2n) is 5.22. The van der Waals surface area contributed by atoms with Crippen LogP contribution in [0.1, 0.15) is 24.5 Å². The van der Waals surface area contributed by atoms with Crippen LogP contribution in [0.2, 0.25) is 0 Å². The highest BCUT2D eigenvalue weighted by Crippen LogP contribution is 2.22. The maximum atomic E-state index is 9.92. The summed E-state index contributed by atoms with van der Waals surface area (Å²) in [6.45, 7) is 8.10. The largest absolute Gasteiger partial charge is 0.490 e. The molecule has 0 aliphatic heterocycles. The third-order valence-corrected chi connectivity index (χ3v) is 4.38. The Balaban J connectivity index is 2.24. The highest BCUT2D eigenvalue weighted by Gasteiger charge is 2.08. The lowest BCUT2D eigenvalue weighted by Gasteiger charge is -2.16. The second-order valence-corrected chi connectivity index (χ2v) is 6.50. The lowest BCUT2D eigenvalue weighted by atomic mass is 10.1. The van der Waals surface area contributed by atoms with E-state index < -0.39 is 6.10 Å². The first-order valence-corrected chi connectivity index (χ1v) is 8.44. The van der Waals surface area contributed by atoms with Gasteiger partial charge in [0.2, 0.25) is 0 Å². The van der Waals surface area contributed by atoms with Crippen molar-refractivity contribution in [1.29, 1.82) is 0 Å². The number of hydrogen-bond acceptors (Lipinski definition) is 4. The van der Waals surface area contributed by atoms with Gasteiger partial charge in [0.15, 0.2) is 0 Å². The van der Waals surface area contributed by atoms with Crippen LogP contribution in [0.3, 0.4) is 0 Å². The van der Waals surface area contributed by atoms with E-state index in [0.29, 0.717) is 18.4 Å². The van der Waals surface area contributed by atoms with Gasteiger partial charge in [0.05, 0.1) is 0 Å². The summed E-state index contributed by atoms with van der Waals surface area (Å²) in [4.78, 5) is 0. The summed E-state index contributed by atoms with van der Waals surface area (Å²) in [6.07, 6.45) is 2.77. The molecular formula is C16H27NO2S. The fourth-order valence-corrected chi connectivity index (χ4v) is 2.31. The van der Waals surface area contributed by atoms with E-state index in [-0.39, 0.29) is 0 Å². The topological polar surface area (TPSA) is 41.5 Å². The fraction of sp³-hybridized carbons (Fsp3) is 0.625. The molecule has 1 aromatic rings. The average molecular weight is 297 g/mol. The first kappa shape index (κ1) is 17.3. The normalized spacial score (nSPS) is 14.1. The Morgan fingerprint density at radius 3 is 2.55 bits per heavy atom. The zero-order valence-electron chi connectivity index (χ0n) is 13.0. The van der Waals surface area contributed by atoms with Crippen molar-refractivity contribution in [1.82, 2.24) is 5.32 Å². The Morgan fingerprint density at radius 2 is 1.95 bits per heavy atom. The van der Waals surface area contributed by atoms with Gasteiger partial charge in [0.1, 0.15) is 18.5 Å². The standard InChI is InChI=1S/C16H27NO2S/c1-12-6-5-7-13(2)16(12)19-11-15(18)10-17-9-8-14(3)20-4/h5-7,14-15,17-18H,8-11H2,1-4H3. The highest BCUT2D eigenvalue weighted by atomic mass is 32.2. The van der Waals surface area contributed by atoms with Crippen LogP contribution in [-0.4, -0.2) is 42.4 Å². The average Bonchev–Trinajstić information content (AvgIpc) is 2.42. The smallest absolute Gasteiger partial charge is 0.125 e. The predicted molar refractivity (Wildman–Crippen MR) is 87.9 cm³/mol. The number of para-hydroxylation sites is 1. The van der Waals surface area contributed by atoms with Crippen molar-refractivity contribution < 1.29 is 9.84 Å². The molecule has 0 bridgehead atoms. The van der Waals surface area contributed by atoms with Gasteiger partial charge in [0, 0.05) is 11.8 Å². The van der Waals surface area contributed by atoms with Gasteiger partial charge in [-0.3, -0.25) is 0 Å². The van der Waals surface area contributed by atoms with Gasteiger partial charge in [-0.25, -0.2) is 0 Å². The number of aliphatic hydroxyl groups is 1. The third-order valence-electron chi connectivity index (χ3n) is 3.34. The lowest BCUT2D eigenvalue weighted by Crippen LogP contribution is -2.32. The molecule has 1 rings (SSSR count). The molecular weight excluding hydrogens is 270 g/mol. The van der Waals surface area contributed by atoms with Crippen molar-refractivity contribution >= 4 is 11.8 Å². The van der Waals surface area contributed by atoms with E-state index in [1.165, 1.54) is 0 Å². The van der Waals surface area contributed by atoms with Crippen LogP contribution >= 0.6 is 11.8 Å². The van der Waals surface area contributed by atoms with Gasteiger partial charge in [0.25, 0.3) is 0 Å². The van der Waals surface area contributed by atoms with Crippen LogP contribution in [0.15, 0.2) is 18.2 Å². The zero-order valence-corrected chi connectivity index (χ0v) is 13.8. The van der Waals surface area contributed by atoms with Crippen molar-refractivity contribution in [2.45, 2.75) is 38.5 Å². The summed E-state index contributed by atoms with van der Waals surface area (Å²) in [5.41, 5.74) is 2.22. The molecule has 2 N–H and O–H groups in total. The maximum absolute atomic E-state index is 9.92. The molecule has 0 heterocycles. The number of ether oxygens (including phenoxy) is 1. The number of nitrogens with one attached hydrogen (secondary N) is 1. The minimum Gasteiger partial charge on any atom is -0.490 e. The number of thioether (sulfide) groups is 1. The molecule has 0 fully saturated rings. The molecule has 3 nitrogen and oxygen atoms in total. The van der Waals surface area contributed by atoms with E-state index in [4.69, 9.17) is 4.74 Å². The number of rotatable bonds is 9. The summed E-state index contributed by atoms with van der Waals surface area (Å²) in [6, 6.07) is 6.07. The van der Waals surface area contributed by atoms with Crippen LogP contribution in [0.5, 0.6) is 5.75 Å². The maximum Gasteiger partial charge on any atom is 0.125 e. The molecule has 0 spiro atoms. The van der Waals surface area contributed by atoms with Gasteiger partial charge in [-0.1, -0.05) is 25.1 Å². The summed E-state index contributed by atoms with van der Waals surface area (Å²) >= 11 is 1.87. The van der Waals surface area contributed by atoms with E-state index in [2.05, 4.69) is 18.5 Å². The first-order valence-electron chi connectivity index (χ1n) is 7.15. The Hall–Kier alpha value is -0.710. The number of hydrogen-bond donors (Lipinski definition) is 2. The number of aryl methyl sites for hydroxylation is 2. The van der Waals surface area contributed by atoms with Crippen LogP contribution < -0.4 is 10.1 Å². The number of aliphatic hydroxyl groups excluding tert-OH is 1. The minimum absolute atomic E-state index is 0.330. The Morgan fingerprint density at radius 1 is 1.30 bits per heavy atom. The van der Waals surface area contributed by atoms with Gasteiger partial charge in [-0.05, 0) is 44.2 Å². The Labute approximate surface area is 127 Å². The SMILES string of the molecule is CSC(C)CCNCC(O)COc1c(C)cccc1C. The third kappa shape index (κ3) is 6.16. The zero-order chi connectivity index (χ0) is 15.0. The van der Waals surface area contributed by atoms with Crippen molar-refractivity contribution in [3.05, 3.63) is 29.3 Å². The van der Waals surface area contributed by atoms with Gasteiger partial charge >= 0.3 is 0 Å². The first-order chi connectivity index (χ1) is 9.54. The Kier molecular flexibility index (Phi) is 8.04. The van der Waals surface area contributed by atoms with Crippen LogP contribution in [0, 0.1) is 13.8 Å². The van der Waals surface area contributed by atoms with Crippen LogP contribution in [-0.2, 0) is 0 Å². The fourth-order valence-electron chi connectivity index (χ4n) is 1.96. The molecule has 2 atom stereocenters. The molecule has 0 aliphatic carbocycles. The van der Waals surface area contributed by atoms with Crippen LogP contribution in [0.25, 0.3) is 0 Å². The summed E-state index contributed by atoms with van der Waals surface area (Å²) in [5.74, 6) is 0.891. The molecule has 0 amide bonds. The Bertz CT molecular complexity index is 378. The summed E-state index contributed by atoms with van der Waals surface area (Å²) < 4.78 is 5.73. The molecule has 0 saturated heterocycles. The van der Waals surface area contributed by atoms with E-state index in [1.807, 2.05) is 43.8 Å². The van der Waals surface area contributed by atoms with Gasteiger partial charge < -0.3 is 15.2 Å². The van der Waals surface area contributed by atoms with Crippen molar-refractivity contribution in [3.63, 3.8) is 0 Å². The molecule has 20 heavy (non-hydrogen) atoms. The molecule has 1 aromatic carbocycles. The van der Waals surface area contributed by atoms with E-state index in [1.54, 1.807) is 0 Å². The van der Waals surface area contributed by atoms with Gasteiger partial charge in [-0.2, -0.15) is 11.8 Å². The predicted octanol–water partition coefficient (Wildman–Crippen LogP) is 2.77. The molecule has 114 valence electrons. The van der Waals surface area contributed by atoms with Gasteiger partial charge in [-0.15, -0.1) is 0 Å². The quantitative estimate of drug-likeness (QED) is 0.688. The molecule has 0 saturated carbocycles.